The van der Waals surface area contributed by atoms with Crippen molar-refractivity contribution in [3.8, 4) is 0 Å². The normalized spacial score (nSPS) is 16.4. The van der Waals surface area contributed by atoms with Crippen LogP contribution < -0.4 is 10.2 Å². The topological polar surface area (TPSA) is 18.5 Å². The fourth-order valence-corrected chi connectivity index (χ4v) is 2.99. The summed E-state index contributed by atoms with van der Waals surface area (Å²) < 4.78 is 0. The molecule has 0 aromatic heterocycles. The van der Waals surface area contributed by atoms with Crippen molar-refractivity contribution in [2.75, 3.05) is 50.7 Å². The molecule has 1 N–H and O–H groups in total. The zero-order valence-corrected chi connectivity index (χ0v) is 13.8. The Balaban J connectivity index is 1.62. The molecule has 0 saturated carbocycles. The van der Waals surface area contributed by atoms with Crippen LogP contribution in [-0.4, -0.2) is 50.7 Å². The van der Waals surface area contributed by atoms with Gasteiger partial charge in [-0.2, -0.15) is 0 Å². The highest BCUT2D eigenvalue weighted by molar-refractivity contribution is 5.48. The van der Waals surface area contributed by atoms with Crippen molar-refractivity contribution in [1.82, 2.24) is 10.2 Å². The molecule has 0 bridgehead atoms. The number of benzene rings is 1. The predicted molar refractivity (Wildman–Crippen MR) is 92.2 cm³/mol. The van der Waals surface area contributed by atoms with E-state index in [0.717, 1.165) is 6.54 Å². The standard InChI is InChI=1S/C18H31N3/c1-3-19-10-5-4-6-11-20-12-14-21(15-13-20)18-9-7-8-17(2)16-18/h7-9,16,19H,3-6,10-15H2,1-2H3. The van der Waals surface area contributed by atoms with Gasteiger partial charge in [0.25, 0.3) is 0 Å². The van der Waals surface area contributed by atoms with Gasteiger partial charge in [0, 0.05) is 31.9 Å². The van der Waals surface area contributed by atoms with Crippen LogP contribution in [0.3, 0.4) is 0 Å². The molecule has 118 valence electrons. The number of aryl methyl sites for hydroxylation is 1. The zero-order valence-electron chi connectivity index (χ0n) is 13.8. The van der Waals surface area contributed by atoms with Crippen LogP contribution >= 0.6 is 0 Å². The van der Waals surface area contributed by atoms with Crippen LogP contribution in [0.1, 0.15) is 31.7 Å². The summed E-state index contributed by atoms with van der Waals surface area (Å²) in [5.74, 6) is 0. The molecule has 1 aliphatic heterocycles. The number of nitrogens with one attached hydrogen (secondary N) is 1. The molecule has 1 aliphatic rings. The number of rotatable bonds is 8. The van der Waals surface area contributed by atoms with E-state index in [1.165, 1.54) is 69.8 Å². The number of hydrogen-bond acceptors (Lipinski definition) is 3. The van der Waals surface area contributed by atoms with Gasteiger partial charge < -0.3 is 10.2 Å². The van der Waals surface area contributed by atoms with Crippen molar-refractivity contribution < 1.29 is 0 Å². The first-order valence-electron chi connectivity index (χ1n) is 8.54. The van der Waals surface area contributed by atoms with Crippen molar-refractivity contribution in [2.24, 2.45) is 0 Å². The van der Waals surface area contributed by atoms with Gasteiger partial charge in [-0.15, -0.1) is 0 Å². The molecule has 0 atom stereocenters. The van der Waals surface area contributed by atoms with Crippen molar-refractivity contribution in [3.63, 3.8) is 0 Å². The Kier molecular flexibility index (Phi) is 7.04. The van der Waals surface area contributed by atoms with Crippen molar-refractivity contribution in [3.05, 3.63) is 29.8 Å². The summed E-state index contributed by atoms with van der Waals surface area (Å²) >= 11 is 0. The lowest BCUT2D eigenvalue weighted by Crippen LogP contribution is -2.46. The third kappa shape index (κ3) is 5.68. The summed E-state index contributed by atoms with van der Waals surface area (Å²) in [6.45, 7) is 12.6. The molecule has 1 fully saturated rings. The van der Waals surface area contributed by atoms with Crippen LogP contribution in [0.25, 0.3) is 0 Å². The molecule has 0 radical (unpaired) electrons. The van der Waals surface area contributed by atoms with Gasteiger partial charge in [0.15, 0.2) is 0 Å². The van der Waals surface area contributed by atoms with Crippen LogP contribution in [0.5, 0.6) is 0 Å². The fourth-order valence-electron chi connectivity index (χ4n) is 2.99. The molecule has 0 aliphatic carbocycles. The molecule has 1 aromatic carbocycles. The monoisotopic (exact) mass is 289 g/mol. The van der Waals surface area contributed by atoms with E-state index in [9.17, 15) is 0 Å². The van der Waals surface area contributed by atoms with Crippen molar-refractivity contribution in [1.29, 1.82) is 0 Å². The maximum atomic E-state index is 3.39. The Morgan fingerprint density at radius 1 is 1.05 bits per heavy atom. The van der Waals surface area contributed by atoms with Crippen molar-refractivity contribution >= 4 is 5.69 Å². The summed E-state index contributed by atoms with van der Waals surface area (Å²) in [5.41, 5.74) is 2.75. The number of piperazine rings is 1. The van der Waals surface area contributed by atoms with E-state index in [4.69, 9.17) is 0 Å². The molecule has 1 aromatic rings. The molecule has 1 saturated heterocycles. The minimum atomic E-state index is 1.10. The summed E-state index contributed by atoms with van der Waals surface area (Å²) in [5, 5.41) is 3.39. The largest absolute Gasteiger partial charge is 0.369 e. The third-order valence-corrected chi connectivity index (χ3v) is 4.32. The van der Waals surface area contributed by atoms with Gasteiger partial charge in [-0.3, -0.25) is 4.90 Å². The highest BCUT2D eigenvalue weighted by Crippen LogP contribution is 2.17. The van der Waals surface area contributed by atoms with Gasteiger partial charge in [0.05, 0.1) is 0 Å². The van der Waals surface area contributed by atoms with Crippen LogP contribution in [0.15, 0.2) is 24.3 Å². The Morgan fingerprint density at radius 2 is 1.86 bits per heavy atom. The van der Waals surface area contributed by atoms with E-state index in [2.05, 4.69) is 53.2 Å². The second kappa shape index (κ2) is 9.06. The first kappa shape index (κ1) is 16.3. The van der Waals surface area contributed by atoms with Gasteiger partial charge in [-0.05, 0) is 57.1 Å². The summed E-state index contributed by atoms with van der Waals surface area (Å²) in [7, 11) is 0. The summed E-state index contributed by atoms with van der Waals surface area (Å²) in [6.07, 6.45) is 4.01. The van der Waals surface area contributed by atoms with E-state index in [1.54, 1.807) is 0 Å². The summed E-state index contributed by atoms with van der Waals surface area (Å²) in [4.78, 5) is 5.15. The molecular weight excluding hydrogens is 258 g/mol. The first-order valence-corrected chi connectivity index (χ1v) is 8.54. The lowest BCUT2D eigenvalue weighted by atomic mass is 10.2. The smallest absolute Gasteiger partial charge is 0.0369 e. The minimum Gasteiger partial charge on any atom is -0.369 e. The van der Waals surface area contributed by atoms with Crippen LogP contribution in [0, 0.1) is 6.92 Å². The lowest BCUT2D eigenvalue weighted by molar-refractivity contribution is 0.252. The van der Waals surface area contributed by atoms with Gasteiger partial charge in [-0.1, -0.05) is 25.5 Å². The first-order chi connectivity index (χ1) is 10.3. The van der Waals surface area contributed by atoms with E-state index in [-0.39, 0.29) is 0 Å². The zero-order chi connectivity index (χ0) is 14.9. The molecule has 0 unspecified atom stereocenters. The average Bonchev–Trinajstić information content (AvgIpc) is 2.51. The minimum absolute atomic E-state index is 1.10. The second-order valence-corrected chi connectivity index (χ2v) is 6.08. The Labute approximate surface area is 130 Å². The maximum Gasteiger partial charge on any atom is 0.0369 e. The average molecular weight is 289 g/mol. The molecule has 0 amide bonds. The van der Waals surface area contributed by atoms with E-state index >= 15 is 0 Å². The van der Waals surface area contributed by atoms with Gasteiger partial charge in [0.1, 0.15) is 0 Å². The molecule has 0 spiro atoms. The number of anilines is 1. The third-order valence-electron chi connectivity index (χ3n) is 4.32. The number of unbranched alkanes of at least 4 members (excludes halogenated alkanes) is 2. The van der Waals surface area contributed by atoms with Crippen LogP contribution in [0.2, 0.25) is 0 Å². The Bertz CT molecular complexity index is 397. The van der Waals surface area contributed by atoms with Crippen LogP contribution in [0.4, 0.5) is 5.69 Å². The maximum absolute atomic E-state index is 3.39. The predicted octanol–water partition coefficient (Wildman–Crippen LogP) is 2.90. The van der Waals surface area contributed by atoms with Gasteiger partial charge in [-0.25, -0.2) is 0 Å². The molecular formula is C18H31N3. The quantitative estimate of drug-likeness (QED) is 0.742. The van der Waals surface area contributed by atoms with E-state index < -0.39 is 0 Å². The molecule has 1 heterocycles. The van der Waals surface area contributed by atoms with E-state index in [1.807, 2.05) is 0 Å². The molecule has 3 heteroatoms. The van der Waals surface area contributed by atoms with Crippen molar-refractivity contribution in [2.45, 2.75) is 33.1 Å². The number of nitrogens with zero attached hydrogens (tertiary/aromatic N) is 2. The summed E-state index contributed by atoms with van der Waals surface area (Å²) in [6, 6.07) is 8.88. The van der Waals surface area contributed by atoms with Gasteiger partial charge >= 0.3 is 0 Å². The fraction of sp³-hybridized carbons (Fsp3) is 0.667. The van der Waals surface area contributed by atoms with Gasteiger partial charge in [0.2, 0.25) is 0 Å². The highest BCUT2D eigenvalue weighted by Gasteiger charge is 2.16. The second-order valence-electron chi connectivity index (χ2n) is 6.08. The highest BCUT2D eigenvalue weighted by atomic mass is 15.3. The van der Waals surface area contributed by atoms with Crippen LogP contribution in [-0.2, 0) is 0 Å². The molecule has 2 rings (SSSR count). The Morgan fingerprint density at radius 3 is 2.57 bits per heavy atom. The van der Waals surface area contributed by atoms with E-state index in [0.29, 0.717) is 0 Å². The lowest BCUT2D eigenvalue weighted by Gasteiger charge is -2.36. The Hall–Kier alpha value is -1.06. The number of hydrogen-bond donors (Lipinski definition) is 1. The SMILES string of the molecule is CCNCCCCCN1CCN(c2cccc(C)c2)CC1. The molecule has 21 heavy (non-hydrogen) atoms. The molecule has 3 nitrogen and oxygen atoms in total.